The van der Waals surface area contributed by atoms with Gasteiger partial charge in [-0.25, -0.2) is 9.97 Å². The molecule has 1 saturated carbocycles. The molecule has 0 unspecified atom stereocenters. The van der Waals surface area contributed by atoms with Crippen LogP contribution in [-0.2, 0) is 9.53 Å². The van der Waals surface area contributed by atoms with Crippen LogP contribution in [0.4, 0.5) is 11.6 Å². The number of piperazine rings is 1. The van der Waals surface area contributed by atoms with E-state index in [-0.39, 0.29) is 30.0 Å². The van der Waals surface area contributed by atoms with Gasteiger partial charge in [0.05, 0.1) is 23.6 Å². The molecule has 1 aromatic heterocycles. The van der Waals surface area contributed by atoms with E-state index in [1.54, 1.807) is 6.33 Å². The third-order valence-corrected chi connectivity index (χ3v) is 7.06. The molecule has 0 bridgehead atoms. The number of ether oxygens (including phenoxy) is 1. The number of fused-ring (bicyclic) bond motifs is 2. The lowest BCUT2D eigenvalue weighted by molar-refractivity contribution is -0.133. The lowest BCUT2D eigenvalue weighted by Gasteiger charge is -2.38. The molecule has 4 atom stereocenters. The van der Waals surface area contributed by atoms with Crippen molar-refractivity contribution >= 4 is 29.1 Å². The molecule has 8 nitrogen and oxygen atoms in total. The fourth-order valence-corrected chi connectivity index (χ4v) is 5.17. The summed E-state index contributed by atoms with van der Waals surface area (Å²) in [6.45, 7) is 12.0. The number of carbonyl (C=O) groups excluding carboxylic acids is 1. The third kappa shape index (κ3) is 4.32. The van der Waals surface area contributed by atoms with Gasteiger partial charge in [0.25, 0.3) is 0 Å². The Balaban J connectivity index is 1.35. The molecule has 2 aliphatic heterocycles. The van der Waals surface area contributed by atoms with Crippen LogP contribution in [0.15, 0.2) is 43.1 Å². The first-order valence-electron chi connectivity index (χ1n) is 11.9. The Kier molecular flexibility index (Phi) is 6.12. The molecule has 3 heterocycles. The molecule has 2 fully saturated rings. The number of nitrogens with one attached hydrogen (secondary N) is 2. The van der Waals surface area contributed by atoms with E-state index in [9.17, 15) is 4.79 Å². The quantitative estimate of drug-likeness (QED) is 0.649. The van der Waals surface area contributed by atoms with Gasteiger partial charge < -0.3 is 25.2 Å². The molecule has 2 aromatic rings. The molecule has 3 aliphatic rings. The number of amides is 1. The van der Waals surface area contributed by atoms with Crippen LogP contribution in [-0.4, -0.2) is 58.5 Å². The normalized spacial score (nSPS) is 24.1. The van der Waals surface area contributed by atoms with Gasteiger partial charge in [-0.1, -0.05) is 37.6 Å². The predicted molar refractivity (Wildman–Crippen MR) is 133 cm³/mol. The monoisotopic (exact) mass is 482 g/mol. The van der Waals surface area contributed by atoms with Crippen LogP contribution in [0.25, 0.3) is 0 Å². The molecule has 34 heavy (non-hydrogen) atoms. The standard InChI is InChI=1S/C25H31ClN6O2/c1-14(2)27-12-19(17-5-7-18(26)8-6-17)25(33)32-10-9-31(20-11-21(20)32)24-22-15(3)34-16(4)30-23(22)28-13-29-24/h5-8,13-15,19-21,27H,4,9-12H2,1-3H3,(H,28,29,30)/t15-,19-,20+,21-/m1/s1. The Morgan fingerprint density at radius 3 is 2.76 bits per heavy atom. The second-order valence-electron chi connectivity index (χ2n) is 9.53. The molecule has 9 heteroatoms. The molecule has 5 rings (SSSR count). The van der Waals surface area contributed by atoms with Crippen LogP contribution >= 0.6 is 11.6 Å². The van der Waals surface area contributed by atoms with Gasteiger partial charge in [0.15, 0.2) is 5.88 Å². The van der Waals surface area contributed by atoms with E-state index >= 15 is 0 Å². The van der Waals surface area contributed by atoms with E-state index < -0.39 is 0 Å². The number of hydrogen-bond donors (Lipinski definition) is 2. The second-order valence-corrected chi connectivity index (χ2v) is 9.97. The topological polar surface area (TPSA) is 82.6 Å². The Hall–Kier alpha value is -2.84. The summed E-state index contributed by atoms with van der Waals surface area (Å²) < 4.78 is 5.79. The minimum Gasteiger partial charge on any atom is -0.471 e. The second kappa shape index (κ2) is 9.07. The number of benzene rings is 1. The van der Waals surface area contributed by atoms with Crippen molar-refractivity contribution in [2.75, 3.05) is 29.9 Å². The van der Waals surface area contributed by atoms with E-state index in [2.05, 4.69) is 50.8 Å². The summed E-state index contributed by atoms with van der Waals surface area (Å²) in [5.74, 6) is 2.04. The molecule has 0 radical (unpaired) electrons. The van der Waals surface area contributed by atoms with Gasteiger partial charge in [-0.05, 0) is 37.6 Å². The average Bonchev–Trinajstić information content (AvgIpc) is 3.60. The molecule has 1 saturated heterocycles. The van der Waals surface area contributed by atoms with Crippen LogP contribution < -0.4 is 15.5 Å². The summed E-state index contributed by atoms with van der Waals surface area (Å²) in [5, 5.41) is 7.23. The summed E-state index contributed by atoms with van der Waals surface area (Å²) in [7, 11) is 0. The van der Waals surface area contributed by atoms with Crippen molar-refractivity contribution in [3.63, 3.8) is 0 Å². The summed E-state index contributed by atoms with van der Waals surface area (Å²) in [4.78, 5) is 27.1. The van der Waals surface area contributed by atoms with Crippen molar-refractivity contribution in [2.45, 2.75) is 57.3 Å². The molecule has 1 aliphatic carbocycles. The van der Waals surface area contributed by atoms with Crippen molar-refractivity contribution < 1.29 is 9.53 Å². The zero-order chi connectivity index (χ0) is 24.0. The van der Waals surface area contributed by atoms with E-state index in [0.29, 0.717) is 30.0 Å². The molecule has 0 spiro atoms. The van der Waals surface area contributed by atoms with Crippen molar-refractivity contribution in [3.8, 4) is 0 Å². The number of halogens is 1. The fraction of sp³-hybridized carbons (Fsp3) is 0.480. The maximum Gasteiger partial charge on any atom is 0.231 e. The van der Waals surface area contributed by atoms with Crippen LogP contribution in [0.3, 0.4) is 0 Å². The van der Waals surface area contributed by atoms with E-state index in [1.807, 2.05) is 31.2 Å². The Labute approximate surface area is 205 Å². The number of rotatable bonds is 6. The largest absolute Gasteiger partial charge is 0.471 e. The fourth-order valence-electron chi connectivity index (χ4n) is 5.04. The molecule has 180 valence electrons. The van der Waals surface area contributed by atoms with Gasteiger partial charge in [0.1, 0.15) is 24.1 Å². The Morgan fingerprint density at radius 1 is 1.26 bits per heavy atom. The highest BCUT2D eigenvalue weighted by atomic mass is 35.5. The number of nitrogens with zero attached hydrogens (tertiary/aromatic N) is 4. The van der Waals surface area contributed by atoms with Gasteiger partial charge in [0.2, 0.25) is 5.91 Å². The number of carbonyl (C=O) groups is 1. The van der Waals surface area contributed by atoms with Crippen LogP contribution in [0.1, 0.15) is 50.3 Å². The van der Waals surface area contributed by atoms with Crippen molar-refractivity contribution in [2.24, 2.45) is 0 Å². The van der Waals surface area contributed by atoms with Crippen LogP contribution in [0, 0.1) is 0 Å². The van der Waals surface area contributed by atoms with Crippen molar-refractivity contribution in [1.29, 1.82) is 0 Å². The highest BCUT2D eigenvalue weighted by molar-refractivity contribution is 6.30. The number of aromatic nitrogens is 2. The SMILES string of the molecule is C=C1Nc2ncnc(N3CCN(C(=O)[C@H](CNC(C)C)c4ccc(Cl)cc4)[C@@H]4C[C@@H]43)c2[C@@H](C)O1. The lowest BCUT2D eigenvalue weighted by Crippen LogP contribution is -2.51. The summed E-state index contributed by atoms with van der Waals surface area (Å²) >= 11 is 6.10. The van der Waals surface area contributed by atoms with Crippen molar-refractivity contribution in [3.05, 3.63) is 59.2 Å². The molecular formula is C25H31ClN6O2. The van der Waals surface area contributed by atoms with E-state index in [4.69, 9.17) is 16.3 Å². The first-order chi connectivity index (χ1) is 16.3. The predicted octanol–water partition coefficient (Wildman–Crippen LogP) is 3.68. The average molecular weight is 483 g/mol. The number of hydrogen-bond acceptors (Lipinski definition) is 7. The zero-order valence-electron chi connectivity index (χ0n) is 19.8. The van der Waals surface area contributed by atoms with Gasteiger partial charge in [-0.15, -0.1) is 0 Å². The zero-order valence-corrected chi connectivity index (χ0v) is 20.5. The maximum atomic E-state index is 13.8. The van der Waals surface area contributed by atoms with Gasteiger partial charge in [-0.2, -0.15) is 0 Å². The Morgan fingerprint density at radius 2 is 2.03 bits per heavy atom. The summed E-state index contributed by atoms with van der Waals surface area (Å²) in [5.41, 5.74) is 1.94. The van der Waals surface area contributed by atoms with Crippen LogP contribution in [0.5, 0.6) is 0 Å². The summed E-state index contributed by atoms with van der Waals surface area (Å²) in [6.07, 6.45) is 2.33. The maximum absolute atomic E-state index is 13.8. The highest BCUT2D eigenvalue weighted by Crippen LogP contribution is 2.44. The van der Waals surface area contributed by atoms with E-state index in [1.165, 1.54) is 0 Å². The minimum absolute atomic E-state index is 0.169. The van der Waals surface area contributed by atoms with Crippen molar-refractivity contribution in [1.82, 2.24) is 20.2 Å². The van der Waals surface area contributed by atoms with Crippen LogP contribution in [0.2, 0.25) is 5.02 Å². The molecule has 1 amide bonds. The van der Waals surface area contributed by atoms with E-state index in [0.717, 1.165) is 35.7 Å². The molecular weight excluding hydrogens is 452 g/mol. The highest BCUT2D eigenvalue weighted by Gasteiger charge is 2.52. The minimum atomic E-state index is -0.247. The molecule has 1 aromatic carbocycles. The number of anilines is 2. The lowest BCUT2D eigenvalue weighted by atomic mass is 9.96. The first kappa shape index (κ1) is 22.9. The Bertz CT molecular complexity index is 1090. The molecule has 2 N–H and O–H groups in total. The first-order valence-corrected chi connectivity index (χ1v) is 12.2. The summed E-state index contributed by atoms with van der Waals surface area (Å²) in [6, 6.07) is 8.36. The van der Waals surface area contributed by atoms with Gasteiger partial charge in [0, 0.05) is 30.7 Å². The van der Waals surface area contributed by atoms with Gasteiger partial charge >= 0.3 is 0 Å². The smallest absolute Gasteiger partial charge is 0.231 e. The third-order valence-electron chi connectivity index (χ3n) is 6.81. The van der Waals surface area contributed by atoms with Gasteiger partial charge in [-0.3, -0.25) is 4.79 Å².